The highest BCUT2D eigenvalue weighted by molar-refractivity contribution is 14.0. The number of methoxy groups -OCH3 is 2. The molecule has 7 heteroatoms. The Morgan fingerprint density at radius 2 is 2.12 bits per heavy atom. The van der Waals surface area contributed by atoms with E-state index in [1.54, 1.807) is 14.2 Å². The quantitative estimate of drug-likeness (QED) is 0.269. The number of hydrogen-bond donors (Lipinski definition) is 2. The van der Waals surface area contributed by atoms with Crippen LogP contribution in [0.15, 0.2) is 29.3 Å². The number of nitrogens with one attached hydrogen (secondary N) is 2. The van der Waals surface area contributed by atoms with Crippen molar-refractivity contribution < 1.29 is 9.47 Å². The Hall–Kier alpha value is -1.22. The van der Waals surface area contributed by atoms with Crippen LogP contribution in [0.25, 0.3) is 0 Å². The Bertz CT molecular complexity index is 528. The van der Waals surface area contributed by atoms with Crippen LogP contribution >= 0.6 is 24.0 Å². The molecule has 1 aliphatic rings. The molecule has 1 unspecified atom stereocenters. The normalized spacial score (nSPS) is 17.2. The first-order chi connectivity index (χ1) is 11.8. The van der Waals surface area contributed by atoms with Crippen molar-refractivity contribution in [3.63, 3.8) is 0 Å². The van der Waals surface area contributed by atoms with Gasteiger partial charge in [0.1, 0.15) is 5.75 Å². The summed E-state index contributed by atoms with van der Waals surface area (Å²) in [7, 11) is 3.44. The van der Waals surface area contributed by atoms with Crippen molar-refractivity contribution in [2.45, 2.75) is 25.8 Å². The highest BCUT2D eigenvalue weighted by atomic mass is 127. The number of anilines is 1. The van der Waals surface area contributed by atoms with Crippen LogP contribution in [0.2, 0.25) is 0 Å². The molecule has 1 atom stereocenters. The standard InChI is InChI=1S/C18H30N4O2.HI/c1-4-19-18(20-11-7-13-23-2)21-15-10-12-22(14-15)16-8-5-6-9-17(16)24-3;/h5-6,8-9,15H,4,7,10-14H2,1-3H3,(H2,19,20,21);1H. The molecule has 1 heterocycles. The Balaban J connectivity index is 0.00000312. The summed E-state index contributed by atoms with van der Waals surface area (Å²) in [6, 6.07) is 8.57. The van der Waals surface area contributed by atoms with Crippen LogP contribution in [0.4, 0.5) is 5.69 Å². The molecule has 0 bridgehead atoms. The summed E-state index contributed by atoms with van der Waals surface area (Å²) in [5.41, 5.74) is 1.16. The van der Waals surface area contributed by atoms with Gasteiger partial charge in [-0.25, -0.2) is 0 Å². The highest BCUT2D eigenvalue weighted by Crippen LogP contribution is 2.30. The van der Waals surface area contributed by atoms with E-state index < -0.39 is 0 Å². The van der Waals surface area contributed by atoms with Crippen molar-refractivity contribution in [3.8, 4) is 5.75 Å². The zero-order chi connectivity index (χ0) is 17.2. The van der Waals surface area contributed by atoms with Gasteiger partial charge in [0, 0.05) is 45.9 Å². The predicted molar refractivity (Wildman–Crippen MR) is 115 cm³/mol. The summed E-state index contributed by atoms with van der Waals surface area (Å²) in [5.74, 6) is 1.82. The Morgan fingerprint density at radius 3 is 2.84 bits per heavy atom. The van der Waals surface area contributed by atoms with Crippen LogP contribution in [-0.4, -0.2) is 59.0 Å². The smallest absolute Gasteiger partial charge is 0.191 e. The predicted octanol–water partition coefficient (Wildman–Crippen LogP) is 2.48. The first-order valence-corrected chi connectivity index (χ1v) is 8.70. The Labute approximate surface area is 168 Å². The van der Waals surface area contributed by atoms with Gasteiger partial charge in [-0.05, 0) is 31.9 Å². The number of hydrogen-bond acceptors (Lipinski definition) is 4. The van der Waals surface area contributed by atoms with Crippen molar-refractivity contribution >= 4 is 35.6 Å². The number of ether oxygens (including phenoxy) is 2. The van der Waals surface area contributed by atoms with Gasteiger partial charge in [0.05, 0.1) is 12.8 Å². The molecule has 1 aromatic carbocycles. The largest absolute Gasteiger partial charge is 0.495 e. The lowest BCUT2D eigenvalue weighted by molar-refractivity contribution is 0.197. The van der Waals surface area contributed by atoms with Gasteiger partial charge in [-0.3, -0.25) is 4.99 Å². The van der Waals surface area contributed by atoms with Crippen LogP contribution in [0.5, 0.6) is 5.75 Å². The molecule has 0 aromatic heterocycles. The first-order valence-electron chi connectivity index (χ1n) is 8.70. The molecule has 1 fully saturated rings. The molecule has 2 rings (SSSR count). The van der Waals surface area contributed by atoms with Crippen molar-refractivity contribution in [1.82, 2.24) is 10.6 Å². The number of para-hydroxylation sites is 2. The maximum atomic E-state index is 5.48. The number of benzene rings is 1. The number of guanidine groups is 1. The summed E-state index contributed by atoms with van der Waals surface area (Å²) in [4.78, 5) is 6.98. The molecule has 0 aliphatic carbocycles. The lowest BCUT2D eigenvalue weighted by Gasteiger charge is -2.22. The Morgan fingerprint density at radius 1 is 1.32 bits per heavy atom. The molecule has 25 heavy (non-hydrogen) atoms. The van der Waals surface area contributed by atoms with Gasteiger partial charge in [0.15, 0.2) is 5.96 Å². The second kappa shape index (κ2) is 12.2. The van der Waals surface area contributed by atoms with Gasteiger partial charge in [0.2, 0.25) is 0 Å². The summed E-state index contributed by atoms with van der Waals surface area (Å²) in [5, 5.41) is 6.87. The number of nitrogens with zero attached hydrogens (tertiary/aromatic N) is 2. The van der Waals surface area contributed by atoms with Gasteiger partial charge in [-0.1, -0.05) is 12.1 Å². The van der Waals surface area contributed by atoms with E-state index in [1.807, 2.05) is 12.1 Å². The fraction of sp³-hybridized carbons (Fsp3) is 0.611. The molecule has 0 amide bonds. The molecule has 0 spiro atoms. The molecule has 142 valence electrons. The van der Waals surface area contributed by atoms with E-state index in [2.05, 4.69) is 39.6 Å². The lowest BCUT2D eigenvalue weighted by atomic mass is 10.2. The Kier molecular flexibility index (Phi) is 10.6. The molecule has 1 saturated heterocycles. The number of halogens is 1. The topological polar surface area (TPSA) is 58.1 Å². The molecular weight excluding hydrogens is 431 g/mol. The van der Waals surface area contributed by atoms with E-state index in [-0.39, 0.29) is 24.0 Å². The minimum Gasteiger partial charge on any atom is -0.495 e. The minimum absolute atomic E-state index is 0. The third kappa shape index (κ3) is 6.89. The van der Waals surface area contributed by atoms with E-state index in [0.717, 1.165) is 63.0 Å². The summed E-state index contributed by atoms with van der Waals surface area (Å²) in [6.45, 7) is 6.42. The van der Waals surface area contributed by atoms with Gasteiger partial charge >= 0.3 is 0 Å². The maximum Gasteiger partial charge on any atom is 0.191 e. The van der Waals surface area contributed by atoms with Crippen LogP contribution in [-0.2, 0) is 4.74 Å². The van der Waals surface area contributed by atoms with Crippen LogP contribution in [0.3, 0.4) is 0 Å². The molecule has 6 nitrogen and oxygen atoms in total. The van der Waals surface area contributed by atoms with E-state index >= 15 is 0 Å². The zero-order valence-corrected chi connectivity index (χ0v) is 17.8. The van der Waals surface area contributed by atoms with Crippen molar-refractivity contribution in [1.29, 1.82) is 0 Å². The van der Waals surface area contributed by atoms with Gasteiger partial charge < -0.3 is 25.0 Å². The fourth-order valence-corrected chi connectivity index (χ4v) is 2.90. The average molecular weight is 462 g/mol. The molecule has 1 aromatic rings. The lowest BCUT2D eigenvalue weighted by Crippen LogP contribution is -2.44. The fourth-order valence-electron chi connectivity index (χ4n) is 2.90. The first kappa shape index (κ1) is 21.8. The average Bonchev–Trinajstić information content (AvgIpc) is 3.07. The number of aliphatic imine (C=N–C) groups is 1. The van der Waals surface area contributed by atoms with E-state index in [1.165, 1.54) is 0 Å². The number of rotatable bonds is 8. The summed E-state index contributed by atoms with van der Waals surface area (Å²) >= 11 is 0. The third-order valence-corrected chi connectivity index (χ3v) is 4.08. The van der Waals surface area contributed by atoms with Crippen molar-refractivity contribution in [2.75, 3.05) is 51.9 Å². The second-order valence-electron chi connectivity index (χ2n) is 5.85. The zero-order valence-electron chi connectivity index (χ0n) is 15.5. The van der Waals surface area contributed by atoms with Crippen LogP contribution in [0, 0.1) is 0 Å². The van der Waals surface area contributed by atoms with Crippen LogP contribution in [0.1, 0.15) is 19.8 Å². The maximum absolute atomic E-state index is 5.48. The third-order valence-electron chi connectivity index (χ3n) is 4.08. The minimum atomic E-state index is 0. The molecule has 0 radical (unpaired) electrons. The summed E-state index contributed by atoms with van der Waals surface area (Å²) in [6.07, 6.45) is 2.02. The van der Waals surface area contributed by atoms with E-state index in [9.17, 15) is 0 Å². The van der Waals surface area contributed by atoms with Crippen molar-refractivity contribution in [3.05, 3.63) is 24.3 Å². The molecule has 0 saturated carbocycles. The second-order valence-corrected chi connectivity index (χ2v) is 5.85. The van der Waals surface area contributed by atoms with Gasteiger partial charge in [-0.15, -0.1) is 24.0 Å². The SMILES string of the molecule is CCNC(=NCCCOC)NC1CCN(c2ccccc2OC)C1.I. The highest BCUT2D eigenvalue weighted by Gasteiger charge is 2.25. The van der Waals surface area contributed by atoms with Crippen molar-refractivity contribution in [2.24, 2.45) is 4.99 Å². The van der Waals surface area contributed by atoms with Crippen LogP contribution < -0.4 is 20.3 Å². The molecular formula is C18H31IN4O2. The van der Waals surface area contributed by atoms with Gasteiger partial charge in [-0.2, -0.15) is 0 Å². The van der Waals surface area contributed by atoms with E-state index in [4.69, 9.17) is 9.47 Å². The summed E-state index contributed by atoms with van der Waals surface area (Å²) < 4.78 is 10.6. The van der Waals surface area contributed by atoms with E-state index in [0.29, 0.717) is 6.04 Å². The monoisotopic (exact) mass is 462 g/mol. The molecule has 1 aliphatic heterocycles. The van der Waals surface area contributed by atoms with Gasteiger partial charge in [0.25, 0.3) is 0 Å². The molecule has 2 N–H and O–H groups in total.